The fourth-order valence-electron chi connectivity index (χ4n) is 3.12. The van der Waals surface area contributed by atoms with Crippen LogP contribution in [-0.2, 0) is 4.74 Å². The van der Waals surface area contributed by atoms with E-state index in [4.69, 9.17) is 14.0 Å². The monoisotopic (exact) mass is 421 g/mol. The van der Waals surface area contributed by atoms with Crippen molar-refractivity contribution in [2.75, 3.05) is 25.6 Å². The number of aromatic nitrogens is 2. The molecule has 0 saturated heterocycles. The molecule has 0 bridgehead atoms. The van der Waals surface area contributed by atoms with Gasteiger partial charge in [0.05, 0.1) is 28.9 Å². The average molecular weight is 421 g/mol. The number of benzene rings is 2. The molecule has 0 saturated carbocycles. The van der Waals surface area contributed by atoms with E-state index in [0.29, 0.717) is 52.6 Å². The lowest BCUT2D eigenvalue weighted by molar-refractivity contribution is 0.102. The van der Waals surface area contributed by atoms with Crippen LogP contribution in [-0.4, -0.2) is 36.4 Å². The summed E-state index contributed by atoms with van der Waals surface area (Å²) in [6.45, 7) is 2.68. The maximum Gasteiger partial charge on any atom is 0.259 e. The zero-order valence-electron chi connectivity index (χ0n) is 17.0. The number of nitrogens with zero attached hydrogens (tertiary/aromatic N) is 2. The largest absolute Gasteiger partial charge is 0.491 e. The summed E-state index contributed by atoms with van der Waals surface area (Å²) >= 11 is 0. The molecule has 0 atom stereocenters. The van der Waals surface area contributed by atoms with Crippen molar-refractivity contribution < 1.29 is 23.2 Å². The van der Waals surface area contributed by atoms with Gasteiger partial charge in [-0.1, -0.05) is 5.16 Å². The average Bonchev–Trinajstić information content (AvgIpc) is 3.16. The molecule has 158 valence electrons. The van der Waals surface area contributed by atoms with Gasteiger partial charge in [0, 0.05) is 18.4 Å². The summed E-state index contributed by atoms with van der Waals surface area (Å²) in [5.74, 6) is -0.0158. The molecule has 0 spiro atoms. The summed E-state index contributed by atoms with van der Waals surface area (Å²) in [6, 6.07) is 14.5. The van der Waals surface area contributed by atoms with Crippen molar-refractivity contribution >= 4 is 22.7 Å². The maximum atomic E-state index is 13.3. The summed E-state index contributed by atoms with van der Waals surface area (Å²) in [5.41, 5.74) is 2.90. The Morgan fingerprint density at radius 2 is 1.84 bits per heavy atom. The molecule has 1 amide bonds. The van der Waals surface area contributed by atoms with E-state index in [1.807, 2.05) is 0 Å². The number of methoxy groups -OCH3 is 1. The van der Waals surface area contributed by atoms with Crippen LogP contribution in [0, 0.1) is 12.7 Å². The van der Waals surface area contributed by atoms with Gasteiger partial charge in [0.25, 0.3) is 11.6 Å². The number of ether oxygens (including phenoxy) is 2. The lowest BCUT2D eigenvalue weighted by Gasteiger charge is -2.10. The first-order valence-corrected chi connectivity index (χ1v) is 9.61. The first-order valence-electron chi connectivity index (χ1n) is 9.61. The van der Waals surface area contributed by atoms with Crippen molar-refractivity contribution in [3.8, 4) is 17.0 Å². The molecule has 1 N–H and O–H groups in total. The van der Waals surface area contributed by atoms with E-state index in [1.54, 1.807) is 56.5 Å². The molecule has 4 aromatic rings. The number of nitrogens with one attached hydrogen (secondary N) is 1. The quantitative estimate of drug-likeness (QED) is 0.439. The number of hydrogen-bond donors (Lipinski definition) is 1. The summed E-state index contributed by atoms with van der Waals surface area (Å²) in [5, 5.41) is 7.34. The highest BCUT2D eigenvalue weighted by molar-refractivity contribution is 6.13. The lowest BCUT2D eigenvalue weighted by Crippen LogP contribution is -2.13. The van der Waals surface area contributed by atoms with Crippen LogP contribution in [0.1, 0.15) is 16.1 Å². The smallest absolute Gasteiger partial charge is 0.259 e. The molecule has 4 rings (SSSR count). The Labute approximate surface area is 177 Å². The van der Waals surface area contributed by atoms with E-state index in [9.17, 15) is 9.18 Å². The highest BCUT2D eigenvalue weighted by atomic mass is 19.1. The van der Waals surface area contributed by atoms with E-state index in [-0.39, 0.29) is 17.4 Å². The predicted octanol–water partition coefficient (Wildman–Crippen LogP) is 4.61. The van der Waals surface area contributed by atoms with Crippen LogP contribution in [0.5, 0.6) is 5.75 Å². The van der Waals surface area contributed by atoms with E-state index < -0.39 is 0 Å². The summed E-state index contributed by atoms with van der Waals surface area (Å²) in [6.07, 6.45) is 0. The van der Waals surface area contributed by atoms with Gasteiger partial charge in [0.2, 0.25) is 0 Å². The second-order valence-electron chi connectivity index (χ2n) is 6.83. The molecule has 0 aliphatic rings. The molecule has 2 aromatic heterocycles. The molecule has 2 aromatic carbocycles. The minimum absolute atomic E-state index is 0.242. The van der Waals surface area contributed by atoms with Gasteiger partial charge in [-0.25, -0.2) is 9.37 Å². The molecule has 7 nitrogen and oxygen atoms in total. The number of aryl methyl sites for hydroxylation is 1. The van der Waals surface area contributed by atoms with Gasteiger partial charge >= 0.3 is 0 Å². The molecule has 31 heavy (non-hydrogen) atoms. The minimum Gasteiger partial charge on any atom is -0.491 e. The van der Waals surface area contributed by atoms with Crippen LogP contribution in [0.15, 0.2) is 59.1 Å². The SMILES string of the molecule is COCCOc1ccc(NC(=O)c2cc(-c3ccc(F)cc3)nc3onc(C)c23)cc1. The topological polar surface area (TPSA) is 86.5 Å². The maximum absolute atomic E-state index is 13.3. The van der Waals surface area contributed by atoms with Crippen molar-refractivity contribution in [2.45, 2.75) is 6.92 Å². The van der Waals surface area contributed by atoms with E-state index in [0.717, 1.165) is 0 Å². The molecule has 0 radical (unpaired) electrons. The normalized spacial score (nSPS) is 10.9. The van der Waals surface area contributed by atoms with Gasteiger partial charge in [-0.2, -0.15) is 0 Å². The van der Waals surface area contributed by atoms with Crippen LogP contribution in [0.3, 0.4) is 0 Å². The molecule has 0 aliphatic carbocycles. The third kappa shape index (κ3) is 4.54. The number of hydrogen-bond acceptors (Lipinski definition) is 6. The molecule has 2 heterocycles. The van der Waals surface area contributed by atoms with Gasteiger partial charge in [0.1, 0.15) is 18.2 Å². The number of halogens is 1. The van der Waals surface area contributed by atoms with Crippen molar-refractivity contribution in [3.05, 3.63) is 71.7 Å². The van der Waals surface area contributed by atoms with Crippen molar-refractivity contribution in [3.63, 3.8) is 0 Å². The first-order chi connectivity index (χ1) is 15.0. The first kappa shape index (κ1) is 20.5. The number of amides is 1. The summed E-state index contributed by atoms with van der Waals surface area (Å²) in [7, 11) is 1.61. The van der Waals surface area contributed by atoms with E-state index >= 15 is 0 Å². The van der Waals surface area contributed by atoms with Crippen LogP contribution in [0.4, 0.5) is 10.1 Å². The zero-order chi connectivity index (χ0) is 21.8. The Bertz CT molecular complexity index is 1200. The van der Waals surface area contributed by atoms with E-state index in [1.165, 1.54) is 12.1 Å². The number of carbonyl (C=O) groups is 1. The Kier molecular flexibility index (Phi) is 5.90. The molecular formula is C23H20FN3O4. The highest BCUT2D eigenvalue weighted by Gasteiger charge is 2.19. The van der Waals surface area contributed by atoms with Crippen LogP contribution in [0.2, 0.25) is 0 Å². The molecule has 0 unspecified atom stereocenters. The number of carbonyl (C=O) groups excluding carboxylic acids is 1. The Hall–Kier alpha value is -3.78. The van der Waals surface area contributed by atoms with Crippen molar-refractivity contribution in [1.82, 2.24) is 10.1 Å². The van der Waals surface area contributed by atoms with Gasteiger partial charge < -0.3 is 19.3 Å². The third-order valence-corrected chi connectivity index (χ3v) is 4.67. The zero-order valence-corrected chi connectivity index (χ0v) is 17.0. The summed E-state index contributed by atoms with van der Waals surface area (Å²) in [4.78, 5) is 17.5. The standard InChI is InChI=1S/C23H20FN3O4/c1-14-21-19(22(28)25-17-7-9-18(10-8-17)30-12-11-29-2)13-20(26-23(21)31-27-14)15-3-5-16(24)6-4-15/h3-10,13H,11-12H2,1-2H3,(H,25,28). The number of rotatable bonds is 7. The van der Waals surface area contributed by atoms with Crippen LogP contribution < -0.4 is 10.1 Å². The molecule has 8 heteroatoms. The highest BCUT2D eigenvalue weighted by Crippen LogP contribution is 2.28. The van der Waals surface area contributed by atoms with Gasteiger partial charge in [0.15, 0.2) is 0 Å². The van der Waals surface area contributed by atoms with Gasteiger partial charge in [-0.15, -0.1) is 0 Å². The van der Waals surface area contributed by atoms with Gasteiger partial charge in [-0.05, 0) is 61.5 Å². The second kappa shape index (κ2) is 8.93. The second-order valence-corrected chi connectivity index (χ2v) is 6.83. The number of anilines is 1. The number of fused-ring (bicyclic) bond motifs is 1. The lowest BCUT2D eigenvalue weighted by atomic mass is 10.0. The van der Waals surface area contributed by atoms with E-state index in [2.05, 4.69) is 15.5 Å². The van der Waals surface area contributed by atoms with Crippen LogP contribution >= 0.6 is 0 Å². The molecule has 0 aliphatic heterocycles. The van der Waals surface area contributed by atoms with Crippen LogP contribution in [0.25, 0.3) is 22.4 Å². The summed E-state index contributed by atoms with van der Waals surface area (Å²) < 4.78 is 29.1. The minimum atomic E-state index is -0.354. The molecule has 0 fully saturated rings. The van der Waals surface area contributed by atoms with Gasteiger partial charge in [-0.3, -0.25) is 4.79 Å². The Balaban J connectivity index is 1.62. The third-order valence-electron chi connectivity index (χ3n) is 4.67. The van der Waals surface area contributed by atoms with Crippen molar-refractivity contribution in [2.24, 2.45) is 0 Å². The Morgan fingerprint density at radius 1 is 1.10 bits per heavy atom. The fraction of sp³-hybridized carbons (Fsp3) is 0.174. The number of pyridine rings is 1. The van der Waals surface area contributed by atoms with Crippen molar-refractivity contribution in [1.29, 1.82) is 0 Å². The fourth-order valence-corrected chi connectivity index (χ4v) is 3.12. The Morgan fingerprint density at radius 3 is 2.55 bits per heavy atom. The molecular weight excluding hydrogens is 401 g/mol. The predicted molar refractivity (Wildman–Crippen MR) is 114 cm³/mol.